The zero-order valence-corrected chi connectivity index (χ0v) is 9.71. The lowest BCUT2D eigenvalue weighted by atomic mass is 10.2. The lowest BCUT2D eigenvalue weighted by Crippen LogP contribution is -2.23. The second-order valence-corrected chi connectivity index (χ2v) is 4.76. The fourth-order valence-electron chi connectivity index (χ4n) is 1.16. The summed E-state index contributed by atoms with van der Waals surface area (Å²) in [6.45, 7) is 1.81. The fraction of sp³-hybridized carbons (Fsp3) is 0.273. The Morgan fingerprint density at radius 1 is 1.44 bits per heavy atom. The van der Waals surface area contributed by atoms with Crippen molar-refractivity contribution >= 4 is 10.0 Å². The van der Waals surface area contributed by atoms with Gasteiger partial charge in [0.1, 0.15) is 6.61 Å². The van der Waals surface area contributed by atoms with Crippen molar-refractivity contribution in [2.24, 2.45) is 0 Å². The van der Waals surface area contributed by atoms with Crippen molar-refractivity contribution in [3.05, 3.63) is 29.8 Å². The number of aliphatic hydroxyl groups is 1. The summed E-state index contributed by atoms with van der Waals surface area (Å²) < 4.78 is 25.7. The maximum atomic E-state index is 11.6. The number of hydrogen-bond donors (Lipinski definition) is 2. The largest absolute Gasteiger partial charge is 0.384 e. The third-order valence-corrected chi connectivity index (χ3v) is 3.33. The third kappa shape index (κ3) is 3.35. The van der Waals surface area contributed by atoms with Crippen LogP contribution in [0.3, 0.4) is 0 Å². The summed E-state index contributed by atoms with van der Waals surface area (Å²) in [5, 5.41) is 8.54. The first-order chi connectivity index (χ1) is 7.60. The van der Waals surface area contributed by atoms with Crippen molar-refractivity contribution in [2.75, 3.05) is 13.2 Å². The average Bonchev–Trinajstić information content (AvgIpc) is 2.27. The molecule has 0 unspecified atom stereocenters. The lowest BCUT2D eigenvalue weighted by Gasteiger charge is -2.04. The predicted octanol–water partition coefficient (Wildman–Crippen LogP) is 0.329. The fourth-order valence-corrected chi connectivity index (χ4v) is 2.24. The summed E-state index contributed by atoms with van der Waals surface area (Å²) in [5.41, 5.74) is 0.563. The van der Waals surface area contributed by atoms with Gasteiger partial charge in [0.2, 0.25) is 10.0 Å². The molecule has 0 saturated carbocycles. The van der Waals surface area contributed by atoms with Gasteiger partial charge in [-0.2, -0.15) is 0 Å². The van der Waals surface area contributed by atoms with Crippen molar-refractivity contribution in [3.63, 3.8) is 0 Å². The van der Waals surface area contributed by atoms with Gasteiger partial charge in [0, 0.05) is 12.1 Å². The van der Waals surface area contributed by atoms with Crippen LogP contribution in [0, 0.1) is 11.8 Å². The molecule has 1 aromatic rings. The van der Waals surface area contributed by atoms with Crippen LogP contribution in [0.25, 0.3) is 0 Å². The van der Waals surface area contributed by atoms with Gasteiger partial charge in [-0.3, -0.25) is 0 Å². The Labute approximate surface area is 95.4 Å². The summed E-state index contributed by atoms with van der Waals surface area (Å²) in [6.07, 6.45) is 0. The van der Waals surface area contributed by atoms with Gasteiger partial charge in [-0.05, 0) is 18.2 Å². The van der Waals surface area contributed by atoms with Crippen LogP contribution in [-0.2, 0) is 10.0 Å². The first-order valence-corrected chi connectivity index (χ1v) is 6.28. The summed E-state index contributed by atoms with van der Waals surface area (Å²) in [6, 6.07) is 6.28. The summed E-state index contributed by atoms with van der Waals surface area (Å²) in [5.74, 6) is 5.12. The van der Waals surface area contributed by atoms with Gasteiger partial charge < -0.3 is 5.11 Å². The Bertz CT molecular complexity index is 512. The van der Waals surface area contributed by atoms with E-state index in [4.69, 9.17) is 5.11 Å². The smallest absolute Gasteiger partial charge is 0.240 e. The molecule has 86 valence electrons. The van der Waals surface area contributed by atoms with Gasteiger partial charge in [-0.15, -0.1) is 0 Å². The molecule has 0 atom stereocenters. The molecule has 0 saturated heterocycles. The third-order valence-electron chi connectivity index (χ3n) is 1.79. The first kappa shape index (κ1) is 12.7. The van der Waals surface area contributed by atoms with E-state index in [1.165, 1.54) is 12.1 Å². The van der Waals surface area contributed by atoms with E-state index in [2.05, 4.69) is 16.6 Å². The normalized spacial score (nSPS) is 10.6. The van der Waals surface area contributed by atoms with Crippen LogP contribution in [0.15, 0.2) is 29.2 Å². The van der Waals surface area contributed by atoms with Crippen LogP contribution in [0.2, 0.25) is 0 Å². The Morgan fingerprint density at radius 2 is 2.19 bits per heavy atom. The highest BCUT2D eigenvalue weighted by atomic mass is 32.2. The quantitative estimate of drug-likeness (QED) is 0.747. The molecule has 1 rings (SSSR count). The van der Waals surface area contributed by atoms with Crippen LogP contribution in [0.1, 0.15) is 12.5 Å². The second kappa shape index (κ2) is 5.66. The minimum atomic E-state index is -3.44. The van der Waals surface area contributed by atoms with Crippen LogP contribution >= 0.6 is 0 Å². The number of hydrogen-bond acceptors (Lipinski definition) is 3. The number of sulfonamides is 1. The summed E-state index contributed by atoms with van der Waals surface area (Å²) in [4.78, 5) is 0.180. The molecular formula is C11H13NO3S. The Balaban J connectivity index is 3.08. The second-order valence-electron chi connectivity index (χ2n) is 2.99. The average molecular weight is 239 g/mol. The Kier molecular flexibility index (Phi) is 4.50. The van der Waals surface area contributed by atoms with Gasteiger partial charge in [0.15, 0.2) is 0 Å². The molecule has 4 nitrogen and oxygen atoms in total. The number of benzene rings is 1. The SMILES string of the molecule is CCNS(=O)(=O)c1cccc(C#CCO)c1. The van der Waals surface area contributed by atoms with Crippen molar-refractivity contribution < 1.29 is 13.5 Å². The molecule has 0 aliphatic heterocycles. The van der Waals surface area contributed by atoms with E-state index in [1.54, 1.807) is 19.1 Å². The maximum Gasteiger partial charge on any atom is 0.240 e. The minimum Gasteiger partial charge on any atom is -0.384 e. The standard InChI is InChI=1S/C11H13NO3S/c1-2-12-16(14,15)11-7-3-5-10(9-11)6-4-8-13/h3,5,7,9,12-13H,2,8H2,1H3. The van der Waals surface area contributed by atoms with E-state index in [0.29, 0.717) is 12.1 Å². The Morgan fingerprint density at radius 3 is 2.81 bits per heavy atom. The monoisotopic (exact) mass is 239 g/mol. The molecule has 0 aromatic heterocycles. The molecule has 0 bridgehead atoms. The molecule has 16 heavy (non-hydrogen) atoms. The highest BCUT2D eigenvalue weighted by Gasteiger charge is 2.11. The van der Waals surface area contributed by atoms with E-state index in [-0.39, 0.29) is 11.5 Å². The van der Waals surface area contributed by atoms with Gasteiger partial charge in [-0.25, -0.2) is 13.1 Å². The molecule has 2 N–H and O–H groups in total. The van der Waals surface area contributed by atoms with Gasteiger partial charge in [-0.1, -0.05) is 24.8 Å². The van der Waals surface area contributed by atoms with Crippen molar-refractivity contribution in [1.29, 1.82) is 0 Å². The predicted molar refractivity (Wildman–Crippen MR) is 61.3 cm³/mol. The number of nitrogens with one attached hydrogen (secondary N) is 1. The van der Waals surface area contributed by atoms with Crippen molar-refractivity contribution in [2.45, 2.75) is 11.8 Å². The van der Waals surface area contributed by atoms with Crippen LogP contribution in [0.4, 0.5) is 0 Å². The van der Waals surface area contributed by atoms with Crippen LogP contribution < -0.4 is 4.72 Å². The van der Waals surface area contributed by atoms with E-state index < -0.39 is 10.0 Å². The van der Waals surface area contributed by atoms with Gasteiger partial charge >= 0.3 is 0 Å². The van der Waals surface area contributed by atoms with Crippen LogP contribution in [0.5, 0.6) is 0 Å². The van der Waals surface area contributed by atoms with Crippen molar-refractivity contribution in [3.8, 4) is 11.8 Å². The van der Waals surface area contributed by atoms with E-state index >= 15 is 0 Å². The Hall–Kier alpha value is -1.35. The van der Waals surface area contributed by atoms with Gasteiger partial charge in [0.25, 0.3) is 0 Å². The van der Waals surface area contributed by atoms with Gasteiger partial charge in [0.05, 0.1) is 4.90 Å². The van der Waals surface area contributed by atoms with E-state index in [0.717, 1.165) is 0 Å². The highest BCUT2D eigenvalue weighted by molar-refractivity contribution is 7.89. The van der Waals surface area contributed by atoms with E-state index in [1.807, 2.05) is 0 Å². The maximum absolute atomic E-state index is 11.6. The molecule has 0 aliphatic rings. The number of aliphatic hydroxyl groups excluding tert-OH is 1. The minimum absolute atomic E-state index is 0.180. The zero-order valence-electron chi connectivity index (χ0n) is 8.90. The zero-order chi connectivity index (χ0) is 12.0. The number of rotatable bonds is 3. The molecule has 0 fully saturated rings. The molecule has 0 amide bonds. The van der Waals surface area contributed by atoms with Crippen molar-refractivity contribution in [1.82, 2.24) is 4.72 Å². The van der Waals surface area contributed by atoms with Crippen LogP contribution in [-0.4, -0.2) is 26.7 Å². The lowest BCUT2D eigenvalue weighted by molar-refractivity contribution is 0.350. The molecule has 0 aliphatic carbocycles. The summed E-state index contributed by atoms with van der Waals surface area (Å²) >= 11 is 0. The highest BCUT2D eigenvalue weighted by Crippen LogP contribution is 2.10. The molecule has 5 heteroatoms. The molecule has 0 spiro atoms. The topological polar surface area (TPSA) is 66.4 Å². The molecule has 0 heterocycles. The first-order valence-electron chi connectivity index (χ1n) is 4.79. The molecular weight excluding hydrogens is 226 g/mol. The van der Waals surface area contributed by atoms with E-state index in [9.17, 15) is 8.42 Å². The summed E-state index contributed by atoms with van der Waals surface area (Å²) in [7, 11) is -3.44. The molecule has 0 radical (unpaired) electrons. The molecule has 1 aromatic carbocycles.